The minimum Gasteiger partial charge on any atom is -0.453 e. The Bertz CT molecular complexity index is 1050. The summed E-state index contributed by atoms with van der Waals surface area (Å²) in [5.41, 5.74) is 8.56. The van der Waals surface area contributed by atoms with Crippen LogP contribution in [0.2, 0.25) is 5.02 Å². The summed E-state index contributed by atoms with van der Waals surface area (Å²) < 4.78 is 5.93. The predicted molar refractivity (Wildman–Crippen MR) is 105 cm³/mol. The molecule has 0 spiro atoms. The number of nitrogens with two attached hydrogens (primary N) is 1. The molecule has 142 valence electrons. The van der Waals surface area contributed by atoms with E-state index in [9.17, 15) is 4.79 Å². The van der Waals surface area contributed by atoms with Gasteiger partial charge in [0.25, 0.3) is 0 Å². The smallest absolute Gasteiger partial charge is 0.248 e. The Balaban J connectivity index is 1.70. The fourth-order valence-electron chi connectivity index (χ4n) is 2.70. The molecule has 0 aliphatic carbocycles. The fraction of sp³-hybridized carbons (Fsp3) is 0.150. The van der Waals surface area contributed by atoms with Crippen molar-refractivity contribution >= 4 is 17.5 Å². The third-order valence-corrected chi connectivity index (χ3v) is 4.24. The second kappa shape index (κ2) is 8.57. The van der Waals surface area contributed by atoms with Gasteiger partial charge in [-0.2, -0.15) is 10.4 Å². The van der Waals surface area contributed by atoms with Crippen LogP contribution >= 0.6 is 11.6 Å². The third-order valence-electron chi connectivity index (χ3n) is 4.02. The topological polar surface area (TPSA) is 117 Å². The number of primary amides is 1. The van der Waals surface area contributed by atoms with Gasteiger partial charge < -0.3 is 15.8 Å². The van der Waals surface area contributed by atoms with Crippen LogP contribution in [0.3, 0.4) is 0 Å². The van der Waals surface area contributed by atoms with Crippen LogP contribution in [0.4, 0.5) is 0 Å². The quantitative estimate of drug-likeness (QED) is 0.566. The number of carbonyl (C=O) groups is 1. The lowest BCUT2D eigenvalue weighted by Crippen LogP contribution is -2.15. The molecule has 28 heavy (non-hydrogen) atoms. The number of nitriles is 1. The van der Waals surface area contributed by atoms with E-state index in [2.05, 4.69) is 15.5 Å². The Labute approximate surface area is 167 Å². The Hall–Kier alpha value is -3.34. The largest absolute Gasteiger partial charge is 0.453 e. The average Bonchev–Trinajstić information content (AvgIpc) is 3.01. The molecule has 4 N–H and O–H groups in total. The maximum Gasteiger partial charge on any atom is 0.248 e. The van der Waals surface area contributed by atoms with Gasteiger partial charge >= 0.3 is 0 Å². The number of hydrogen-bond acceptors (Lipinski definition) is 5. The number of carbonyl (C=O) groups excluding carboxylic acids is 1. The number of halogens is 1. The number of rotatable bonds is 7. The van der Waals surface area contributed by atoms with E-state index in [0.29, 0.717) is 46.4 Å². The average molecular weight is 396 g/mol. The van der Waals surface area contributed by atoms with Gasteiger partial charge in [0.15, 0.2) is 5.75 Å². The first-order chi connectivity index (χ1) is 13.5. The monoisotopic (exact) mass is 395 g/mol. The first-order valence-corrected chi connectivity index (χ1v) is 8.86. The van der Waals surface area contributed by atoms with Crippen molar-refractivity contribution < 1.29 is 9.53 Å². The number of aromatic nitrogens is 2. The summed E-state index contributed by atoms with van der Waals surface area (Å²) in [5, 5.41) is 19.9. The summed E-state index contributed by atoms with van der Waals surface area (Å²) in [4.78, 5) is 11.3. The number of nitrogens with zero attached hydrogens (tertiary/aromatic N) is 2. The van der Waals surface area contributed by atoms with Gasteiger partial charge in [-0.1, -0.05) is 23.7 Å². The van der Waals surface area contributed by atoms with Crippen LogP contribution < -0.4 is 15.8 Å². The Kier molecular flexibility index (Phi) is 5.94. The number of hydrogen-bond donors (Lipinski definition) is 3. The first-order valence-electron chi connectivity index (χ1n) is 8.48. The zero-order valence-corrected chi connectivity index (χ0v) is 15.9. The van der Waals surface area contributed by atoms with Gasteiger partial charge in [0, 0.05) is 23.7 Å². The molecule has 0 aliphatic heterocycles. The highest BCUT2D eigenvalue weighted by molar-refractivity contribution is 6.30. The van der Waals surface area contributed by atoms with Crippen LogP contribution in [-0.2, 0) is 13.1 Å². The molecule has 3 aromatic rings. The van der Waals surface area contributed by atoms with Crippen LogP contribution in [0.15, 0.2) is 42.5 Å². The molecule has 0 radical (unpaired) electrons. The minimum atomic E-state index is -0.458. The van der Waals surface area contributed by atoms with Crippen molar-refractivity contribution in [2.75, 3.05) is 0 Å². The number of aromatic amines is 1. The molecule has 1 amide bonds. The molecule has 2 aromatic carbocycles. The number of aryl methyl sites for hydroxylation is 1. The number of nitrogens with one attached hydrogen (secondary N) is 2. The molecule has 8 heteroatoms. The Morgan fingerprint density at radius 3 is 2.89 bits per heavy atom. The lowest BCUT2D eigenvalue weighted by molar-refractivity contribution is 0.1000. The van der Waals surface area contributed by atoms with Crippen LogP contribution in [0.25, 0.3) is 0 Å². The Morgan fingerprint density at radius 2 is 2.14 bits per heavy atom. The van der Waals surface area contributed by atoms with Crippen LogP contribution in [0.1, 0.15) is 32.9 Å². The SMILES string of the molecule is Cc1n[nH]c(CNCc2cccc(C(N)=O)c2)c1Oc1cc(Cl)cc(C#N)c1. The van der Waals surface area contributed by atoms with Gasteiger partial charge in [-0.05, 0) is 42.8 Å². The van der Waals surface area contributed by atoms with E-state index in [0.717, 1.165) is 11.3 Å². The summed E-state index contributed by atoms with van der Waals surface area (Å²) in [7, 11) is 0. The van der Waals surface area contributed by atoms with Crippen molar-refractivity contribution in [1.29, 1.82) is 5.26 Å². The van der Waals surface area contributed by atoms with Crippen molar-refractivity contribution in [3.05, 3.63) is 75.6 Å². The molecule has 0 unspecified atom stereocenters. The van der Waals surface area contributed by atoms with E-state index in [-0.39, 0.29) is 0 Å². The van der Waals surface area contributed by atoms with Gasteiger partial charge in [-0.3, -0.25) is 9.89 Å². The van der Waals surface area contributed by atoms with Crippen molar-refractivity contribution in [2.45, 2.75) is 20.0 Å². The second-order valence-corrected chi connectivity index (χ2v) is 6.61. The predicted octanol–water partition coefficient (Wildman–Crippen LogP) is 3.42. The van der Waals surface area contributed by atoms with Gasteiger partial charge in [-0.25, -0.2) is 0 Å². The van der Waals surface area contributed by atoms with E-state index in [1.807, 2.05) is 19.1 Å². The van der Waals surface area contributed by atoms with Gasteiger partial charge in [0.1, 0.15) is 11.4 Å². The van der Waals surface area contributed by atoms with E-state index in [4.69, 9.17) is 27.3 Å². The van der Waals surface area contributed by atoms with Crippen molar-refractivity contribution in [3.8, 4) is 17.6 Å². The molecule has 1 heterocycles. The molecule has 0 fully saturated rings. The molecule has 0 saturated heterocycles. The van der Waals surface area contributed by atoms with Gasteiger partial charge in [0.2, 0.25) is 5.91 Å². The molecular formula is C20H18ClN5O2. The lowest BCUT2D eigenvalue weighted by Gasteiger charge is -2.09. The number of benzene rings is 2. The molecule has 0 atom stereocenters. The van der Waals surface area contributed by atoms with Crippen LogP contribution in [0, 0.1) is 18.3 Å². The Morgan fingerprint density at radius 1 is 1.32 bits per heavy atom. The van der Waals surface area contributed by atoms with Crippen molar-refractivity contribution in [2.24, 2.45) is 5.73 Å². The van der Waals surface area contributed by atoms with Crippen molar-refractivity contribution in [1.82, 2.24) is 15.5 Å². The maximum atomic E-state index is 11.3. The van der Waals surface area contributed by atoms with E-state index in [1.54, 1.807) is 36.4 Å². The van der Waals surface area contributed by atoms with Crippen LogP contribution in [-0.4, -0.2) is 16.1 Å². The maximum absolute atomic E-state index is 11.3. The summed E-state index contributed by atoms with van der Waals surface area (Å²) in [6.45, 7) is 2.82. The standard InChI is InChI=1S/C20H18ClN5O2/c1-12-19(28-17-7-14(9-22)6-16(21)8-17)18(26-25-12)11-24-10-13-3-2-4-15(5-13)20(23)27/h2-8,24H,10-11H2,1H3,(H2,23,27)(H,25,26). The molecule has 1 aromatic heterocycles. The van der Waals surface area contributed by atoms with E-state index in [1.165, 1.54) is 0 Å². The van der Waals surface area contributed by atoms with E-state index >= 15 is 0 Å². The van der Waals surface area contributed by atoms with E-state index < -0.39 is 5.91 Å². The highest BCUT2D eigenvalue weighted by Gasteiger charge is 2.13. The number of amides is 1. The molecule has 3 rings (SSSR count). The molecule has 7 nitrogen and oxygen atoms in total. The highest BCUT2D eigenvalue weighted by atomic mass is 35.5. The summed E-state index contributed by atoms with van der Waals surface area (Å²) >= 11 is 6.04. The molecule has 0 bridgehead atoms. The van der Waals surface area contributed by atoms with Gasteiger partial charge in [-0.15, -0.1) is 0 Å². The first kappa shape index (κ1) is 19.4. The number of H-pyrrole nitrogens is 1. The van der Waals surface area contributed by atoms with Gasteiger partial charge in [0.05, 0.1) is 17.3 Å². The molecule has 0 saturated carbocycles. The number of ether oxygens (including phenoxy) is 1. The fourth-order valence-corrected chi connectivity index (χ4v) is 2.92. The third kappa shape index (κ3) is 4.68. The molecular weight excluding hydrogens is 378 g/mol. The highest BCUT2D eigenvalue weighted by Crippen LogP contribution is 2.30. The molecule has 0 aliphatic rings. The zero-order valence-electron chi connectivity index (χ0n) is 15.1. The minimum absolute atomic E-state index is 0.414. The summed E-state index contributed by atoms with van der Waals surface area (Å²) in [6, 6.07) is 14.0. The zero-order chi connectivity index (χ0) is 20.1. The van der Waals surface area contributed by atoms with Crippen LogP contribution in [0.5, 0.6) is 11.5 Å². The lowest BCUT2D eigenvalue weighted by atomic mass is 10.1. The second-order valence-electron chi connectivity index (χ2n) is 6.17. The normalized spacial score (nSPS) is 10.5. The van der Waals surface area contributed by atoms with Crippen molar-refractivity contribution in [3.63, 3.8) is 0 Å². The summed E-state index contributed by atoms with van der Waals surface area (Å²) in [6.07, 6.45) is 0. The summed E-state index contributed by atoms with van der Waals surface area (Å²) in [5.74, 6) is 0.577.